The number of morpholine rings is 1. The van der Waals surface area contributed by atoms with Gasteiger partial charge in [0.2, 0.25) is 0 Å². The minimum atomic E-state index is 0.130. The van der Waals surface area contributed by atoms with Crippen molar-refractivity contribution in [2.75, 3.05) is 38.2 Å². The summed E-state index contributed by atoms with van der Waals surface area (Å²) in [5.41, 5.74) is 1.85. The number of fused-ring (bicyclic) bond motifs is 1. The molecule has 8 heteroatoms. The van der Waals surface area contributed by atoms with Gasteiger partial charge in [0.1, 0.15) is 5.82 Å². The Morgan fingerprint density at radius 3 is 2.75 bits per heavy atom. The van der Waals surface area contributed by atoms with Crippen LogP contribution < -0.4 is 5.32 Å². The monoisotopic (exact) mass is 325 g/mol. The number of anilines is 1. The summed E-state index contributed by atoms with van der Waals surface area (Å²) < 4.78 is 6.87. The number of hydrogen-bond acceptors (Lipinski definition) is 7. The first-order valence-corrected chi connectivity index (χ1v) is 8.05. The van der Waals surface area contributed by atoms with Gasteiger partial charge >= 0.3 is 0 Å². The molecule has 1 N–H and O–H groups in total. The lowest BCUT2D eigenvalue weighted by Gasteiger charge is -2.31. The second kappa shape index (κ2) is 6.90. The molecule has 0 radical (unpaired) electrons. The second-order valence-corrected chi connectivity index (χ2v) is 5.77. The van der Waals surface area contributed by atoms with E-state index >= 15 is 0 Å². The SMILES string of the molecule is c1ccc([C@@H](CN2CCOCC2)Nc2ccc3nnnn3n2)cc1. The third kappa shape index (κ3) is 3.34. The highest BCUT2D eigenvalue weighted by atomic mass is 16.5. The van der Waals surface area contributed by atoms with E-state index in [1.807, 2.05) is 18.2 Å². The molecule has 2 aromatic heterocycles. The summed E-state index contributed by atoms with van der Waals surface area (Å²) in [6.07, 6.45) is 0. The van der Waals surface area contributed by atoms with Crippen LogP contribution in [0.4, 0.5) is 5.82 Å². The smallest absolute Gasteiger partial charge is 0.200 e. The zero-order chi connectivity index (χ0) is 16.2. The van der Waals surface area contributed by atoms with Gasteiger partial charge in [-0.15, -0.1) is 14.8 Å². The molecule has 1 aliphatic heterocycles. The van der Waals surface area contributed by atoms with E-state index in [0.717, 1.165) is 38.7 Å². The van der Waals surface area contributed by atoms with E-state index in [2.05, 4.69) is 55.1 Å². The number of rotatable bonds is 5. The third-order valence-corrected chi connectivity index (χ3v) is 4.14. The Bertz CT molecular complexity index is 785. The van der Waals surface area contributed by atoms with Crippen molar-refractivity contribution in [1.82, 2.24) is 30.2 Å². The fourth-order valence-electron chi connectivity index (χ4n) is 2.87. The van der Waals surface area contributed by atoms with Crippen molar-refractivity contribution < 1.29 is 4.74 Å². The van der Waals surface area contributed by atoms with E-state index in [0.29, 0.717) is 5.65 Å². The van der Waals surface area contributed by atoms with Crippen LogP contribution in [-0.2, 0) is 4.74 Å². The zero-order valence-corrected chi connectivity index (χ0v) is 13.2. The van der Waals surface area contributed by atoms with Gasteiger partial charge in [-0.05, 0) is 28.1 Å². The van der Waals surface area contributed by atoms with Crippen molar-refractivity contribution in [2.45, 2.75) is 6.04 Å². The summed E-state index contributed by atoms with van der Waals surface area (Å²) in [4.78, 5) is 2.41. The van der Waals surface area contributed by atoms with Crippen molar-refractivity contribution in [3.8, 4) is 0 Å². The first-order valence-electron chi connectivity index (χ1n) is 8.05. The van der Waals surface area contributed by atoms with Crippen LogP contribution in [0.3, 0.4) is 0 Å². The maximum atomic E-state index is 5.44. The highest BCUT2D eigenvalue weighted by molar-refractivity contribution is 5.44. The molecule has 8 nitrogen and oxygen atoms in total. The molecule has 4 rings (SSSR count). The third-order valence-electron chi connectivity index (χ3n) is 4.14. The average molecular weight is 325 g/mol. The van der Waals surface area contributed by atoms with Crippen molar-refractivity contribution in [1.29, 1.82) is 0 Å². The normalized spacial score (nSPS) is 17.0. The zero-order valence-electron chi connectivity index (χ0n) is 13.2. The Labute approximate surface area is 139 Å². The quantitative estimate of drug-likeness (QED) is 0.749. The van der Waals surface area contributed by atoms with Gasteiger partial charge in [-0.25, -0.2) is 0 Å². The first kappa shape index (κ1) is 15.0. The molecule has 0 spiro atoms. The predicted octanol–water partition coefficient (Wildman–Crippen LogP) is 1.00. The Morgan fingerprint density at radius 2 is 1.92 bits per heavy atom. The van der Waals surface area contributed by atoms with Gasteiger partial charge in [0.25, 0.3) is 0 Å². The van der Waals surface area contributed by atoms with Gasteiger partial charge < -0.3 is 10.1 Å². The van der Waals surface area contributed by atoms with Crippen LogP contribution in [0, 0.1) is 0 Å². The number of tetrazole rings is 1. The Balaban J connectivity index is 1.56. The van der Waals surface area contributed by atoms with Gasteiger partial charge in [-0.3, -0.25) is 4.90 Å². The van der Waals surface area contributed by atoms with Crippen LogP contribution in [0.2, 0.25) is 0 Å². The van der Waals surface area contributed by atoms with Gasteiger partial charge in [-0.2, -0.15) is 0 Å². The first-order chi connectivity index (χ1) is 11.9. The molecule has 1 saturated heterocycles. The highest BCUT2D eigenvalue weighted by Crippen LogP contribution is 2.20. The Hall–Kier alpha value is -2.58. The lowest BCUT2D eigenvalue weighted by atomic mass is 10.1. The van der Waals surface area contributed by atoms with Crippen LogP contribution in [-0.4, -0.2) is 63.0 Å². The summed E-state index contributed by atoms with van der Waals surface area (Å²) in [5.74, 6) is 0.747. The number of aromatic nitrogens is 5. The molecule has 0 unspecified atom stereocenters. The Morgan fingerprint density at radius 1 is 1.08 bits per heavy atom. The lowest BCUT2D eigenvalue weighted by Crippen LogP contribution is -2.40. The molecule has 3 heterocycles. The summed E-state index contributed by atoms with van der Waals surface area (Å²) in [6.45, 7) is 4.37. The fourth-order valence-corrected chi connectivity index (χ4v) is 2.87. The number of nitrogens with zero attached hydrogens (tertiary/aromatic N) is 6. The predicted molar refractivity (Wildman–Crippen MR) is 88.6 cm³/mol. The minimum absolute atomic E-state index is 0.130. The molecule has 1 aliphatic rings. The summed E-state index contributed by atoms with van der Waals surface area (Å²) in [5, 5.41) is 19.3. The molecule has 1 fully saturated rings. The van der Waals surface area contributed by atoms with Gasteiger partial charge in [0.05, 0.1) is 19.3 Å². The maximum Gasteiger partial charge on any atom is 0.200 e. The van der Waals surface area contributed by atoms with Crippen molar-refractivity contribution in [3.05, 3.63) is 48.0 Å². The van der Waals surface area contributed by atoms with Crippen LogP contribution in [0.15, 0.2) is 42.5 Å². The molecule has 0 amide bonds. The molecule has 1 atom stereocenters. The summed E-state index contributed by atoms with van der Waals surface area (Å²) >= 11 is 0. The number of nitrogens with one attached hydrogen (secondary N) is 1. The maximum absolute atomic E-state index is 5.44. The van der Waals surface area contributed by atoms with Crippen LogP contribution >= 0.6 is 0 Å². The van der Waals surface area contributed by atoms with Crippen molar-refractivity contribution in [2.24, 2.45) is 0 Å². The molecule has 124 valence electrons. The topological polar surface area (TPSA) is 80.5 Å². The standard InChI is InChI=1S/C16H19N7O/c1-2-4-13(5-3-1)14(12-22-8-10-24-11-9-22)17-15-6-7-16-18-20-21-23(16)19-15/h1-7,14H,8-12H2,(H,17,19)/t14-/m1/s1. The van der Waals surface area contributed by atoms with E-state index in [1.165, 1.54) is 10.2 Å². The molecular formula is C16H19N7O. The number of benzene rings is 1. The summed E-state index contributed by atoms with van der Waals surface area (Å²) in [7, 11) is 0. The van der Waals surface area contributed by atoms with E-state index in [1.54, 1.807) is 0 Å². The van der Waals surface area contributed by atoms with E-state index < -0.39 is 0 Å². The largest absolute Gasteiger partial charge is 0.379 e. The Kier molecular flexibility index (Phi) is 4.30. The number of hydrogen-bond donors (Lipinski definition) is 1. The van der Waals surface area contributed by atoms with Crippen LogP contribution in [0.1, 0.15) is 11.6 Å². The van der Waals surface area contributed by atoms with Crippen molar-refractivity contribution in [3.63, 3.8) is 0 Å². The minimum Gasteiger partial charge on any atom is -0.379 e. The van der Waals surface area contributed by atoms with Gasteiger partial charge in [0, 0.05) is 19.6 Å². The lowest BCUT2D eigenvalue weighted by molar-refractivity contribution is 0.0360. The molecule has 3 aromatic rings. The summed E-state index contributed by atoms with van der Waals surface area (Å²) in [6, 6.07) is 14.3. The average Bonchev–Trinajstić information content (AvgIpc) is 3.11. The van der Waals surface area contributed by atoms with E-state index in [9.17, 15) is 0 Å². The molecule has 1 aromatic carbocycles. The van der Waals surface area contributed by atoms with Crippen LogP contribution in [0.5, 0.6) is 0 Å². The fraction of sp³-hybridized carbons (Fsp3) is 0.375. The van der Waals surface area contributed by atoms with Gasteiger partial charge in [0.15, 0.2) is 5.65 Å². The molecular weight excluding hydrogens is 306 g/mol. The molecule has 0 saturated carbocycles. The van der Waals surface area contributed by atoms with Gasteiger partial charge in [-0.1, -0.05) is 30.3 Å². The van der Waals surface area contributed by atoms with Crippen LogP contribution in [0.25, 0.3) is 5.65 Å². The molecule has 0 aliphatic carbocycles. The van der Waals surface area contributed by atoms with E-state index in [-0.39, 0.29) is 6.04 Å². The van der Waals surface area contributed by atoms with Crippen molar-refractivity contribution >= 4 is 11.5 Å². The molecule has 24 heavy (non-hydrogen) atoms. The van der Waals surface area contributed by atoms with E-state index in [4.69, 9.17) is 4.74 Å². The second-order valence-electron chi connectivity index (χ2n) is 5.77. The highest BCUT2D eigenvalue weighted by Gasteiger charge is 2.19. The molecule has 0 bridgehead atoms. The number of ether oxygens (including phenoxy) is 1.